The van der Waals surface area contributed by atoms with Crippen molar-refractivity contribution >= 4 is 49.4 Å². The van der Waals surface area contributed by atoms with Crippen LogP contribution in [0.4, 0.5) is 10.8 Å². The fourth-order valence-corrected chi connectivity index (χ4v) is 5.58. The second-order valence-corrected chi connectivity index (χ2v) is 10.5. The van der Waals surface area contributed by atoms with Crippen LogP contribution in [0.25, 0.3) is 11.3 Å². The van der Waals surface area contributed by atoms with E-state index in [1.807, 2.05) is 11.4 Å². The topological polar surface area (TPSA) is 88.2 Å². The minimum Gasteiger partial charge on any atom is -0.297 e. The van der Waals surface area contributed by atoms with Gasteiger partial charge in [0.1, 0.15) is 0 Å². The highest BCUT2D eigenvalue weighted by atomic mass is 32.2. The molecule has 0 fully saturated rings. The molecule has 0 saturated heterocycles. The number of amides is 1. The Kier molecular flexibility index (Phi) is 5.22. The third-order valence-electron chi connectivity index (χ3n) is 4.43. The van der Waals surface area contributed by atoms with Gasteiger partial charge in [0.25, 0.3) is 5.91 Å². The lowest BCUT2D eigenvalue weighted by Crippen LogP contribution is -2.09. The van der Waals surface area contributed by atoms with Crippen LogP contribution in [0, 0.1) is 0 Å². The number of anilines is 2. The summed E-state index contributed by atoms with van der Waals surface area (Å²) in [7, 11) is -3.30. The van der Waals surface area contributed by atoms with Crippen LogP contribution in [0.2, 0.25) is 0 Å². The van der Waals surface area contributed by atoms with Crippen molar-refractivity contribution < 1.29 is 13.2 Å². The monoisotopic (exact) mass is 433 g/mol. The average Bonchev–Trinajstić information content (AvgIpc) is 3.28. The van der Waals surface area contributed by atoms with Crippen molar-refractivity contribution in [1.29, 1.82) is 0 Å². The third kappa shape index (κ3) is 4.43. The SMILES string of the molecule is CS(=O)(=O)Nc1ccc(-c2csc(NC(=O)c3cc4c(s3)CCCC4)n2)cc1. The number of nitrogens with one attached hydrogen (secondary N) is 2. The minimum atomic E-state index is -3.30. The summed E-state index contributed by atoms with van der Waals surface area (Å²) in [6, 6.07) is 8.97. The lowest BCUT2D eigenvalue weighted by Gasteiger charge is -2.08. The van der Waals surface area contributed by atoms with E-state index in [1.54, 1.807) is 35.6 Å². The van der Waals surface area contributed by atoms with Crippen LogP contribution in [-0.4, -0.2) is 25.6 Å². The number of fused-ring (bicyclic) bond motifs is 1. The summed E-state index contributed by atoms with van der Waals surface area (Å²) >= 11 is 2.95. The molecule has 1 aliphatic rings. The summed E-state index contributed by atoms with van der Waals surface area (Å²) in [6.45, 7) is 0. The van der Waals surface area contributed by atoms with E-state index in [2.05, 4.69) is 15.0 Å². The highest BCUT2D eigenvalue weighted by Crippen LogP contribution is 2.31. The van der Waals surface area contributed by atoms with E-state index in [4.69, 9.17) is 0 Å². The van der Waals surface area contributed by atoms with Gasteiger partial charge in [0.05, 0.1) is 16.8 Å². The Balaban J connectivity index is 1.45. The first kappa shape index (κ1) is 19.1. The van der Waals surface area contributed by atoms with Crippen molar-refractivity contribution in [3.05, 3.63) is 51.0 Å². The number of sulfonamides is 1. The van der Waals surface area contributed by atoms with Crippen LogP contribution in [0.15, 0.2) is 35.7 Å². The summed E-state index contributed by atoms with van der Waals surface area (Å²) in [4.78, 5) is 19.1. The molecule has 1 amide bonds. The molecule has 2 heterocycles. The van der Waals surface area contributed by atoms with Crippen LogP contribution in [0.1, 0.15) is 33.0 Å². The maximum Gasteiger partial charge on any atom is 0.267 e. The number of rotatable bonds is 5. The van der Waals surface area contributed by atoms with Gasteiger partial charge in [0.15, 0.2) is 5.13 Å². The van der Waals surface area contributed by atoms with Gasteiger partial charge in [-0.1, -0.05) is 12.1 Å². The second kappa shape index (κ2) is 7.65. The first-order chi connectivity index (χ1) is 13.4. The van der Waals surface area contributed by atoms with Gasteiger partial charge in [-0.15, -0.1) is 22.7 Å². The van der Waals surface area contributed by atoms with E-state index < -0.39 is 10.0 Å². The van der Waals surface area contributed by atoms with Crippen LogP contribution in [-0.2, 0) is 22.9 Å². The number of carbonyl (C=O) groups is 1. The molecule has 0 aliphatic heterocycles. The molecule has 0 atom stereocenters. The zero-order chi connectivity index (χ0) is 19.7. The normalized spacial score (nSPS) is 13.8. The molecule has 1 aliphatic carbocycles. The first-order valence-electron chi connectivity index (χ1n) is 8.84. The molecular formula is C19H19N3O3S3. The summed E-state index contributed by atoms with van der Waals surface area (Å²) in [6.07, 6.45) is 5.63. The molecule has 0 saturated carbocycles. The van der Waals surface area contributed by atoms with Gasteiger partial charge in [0.2, 0.25) is 10.0 Å². The van der Waals surface area contributed by atoms with Crippen molar-refractivity contribution in [2.45, 2.75) is 25.7 Å². The quantitative estimate of drug-likeness (QED) is 0.625. The number of hydrogen-bond donors (Lipinski definition) is 2. The summed E-state index contributed by atoms with van der Waals surface area (Å²) < 4.78 is 25.0. The van der Waals surface area contributed by atoms with E-state index in [0.717, 1.165) is 35.2 Å². The average molecular weight is 434 g/mol. The Bertz CT molecular complexity index is 1090. The van der Waals surface area contributed by atoms with Gasteiger partial charge in [0, 0.05) is 21.5 Å². The minimum absolute atomic E-state index is 0.118. The smallest absolute Gasteiger partial charge is 0.267 e. The number of benzene rings is 1. The number of thiazole rings is 1. The highest BCUT2D eigenvalue weighted by molar-refractivity contribution is 7.92. The van der Waals surface area contributed by atoms with Gasteiger partial charge in [-0.3, -0.25) is 14.8 Å². The van der Waals surface area contributed by atoms with Crippen molar-refractivity contribution in [3.8, 4) is 11.3 Å². The van der Waals surface area contributed by atoms with E-state index in [-0.39, 0.29) is 5.91 Å². The van der Waals surface area contributed by atoms with Gasteiger partial charge in [-0.25, -0.2) is 13.4 Å². The Labute approximate surface area is 171 Å². The van der Waals surface area contributed by atoms with Gasteiger partial charge >= 0.3 is 0 Å². The number of thiophene rings is 1. The van der Waals surface area contributed by atoms with Crippen LogP contribution in [0.5, 0.6) is 0 Å². The molecule has 4 rings (SSSR count). The van der Waals surface area contributed by atoms with Crippen molar-refractivity contribution in [3.63, 3.8) is 0 Å². The Morgan fingerprint density at radius 1 is 1.14 bits per heavy atom. The molecule has 0 unspecified atom stereocenters. The Morgan fingerprint density at radius 2 is 1.89 bits per heavy atom. The second-order valence-electron chi connectivity index (χ2n) is 6.71. The largest absolute Gasteiger partial charge is 0.297 e. The molecule has 6 nitrogen and oxygen atoms in total. The molecule has 0 radical (unpaired) electrons. The molecular weight excluding hydrogens is 414 g/mol. The third-order valence-corrected chi connectivity index (χ3v) is 7.03. The molecule has 28 heavy (non-hydrogen) atoms. The summed E-state index contributed by atoms with van der Waals surface area (Å²) in [5.41, 5.74) is 3.39. The standard InChI is InChI=1S/C19H19N3O3S3/c1-28(24,25)22-14-8-6-12(7-9-14)15-11-26-19(20-15)21-18(23)17-10-13-4-2-3-5-16(13)27-17/h6-11,22H,2-5H2,1H3,(H,20,21,23). The Morgan fingerprint density at radius 3 is 2.61 bits per heavy atom. The lowest BCUT2D eigenvalue weighted by atomic mass is 9.99. The number of carbonyl (C=O) groups excluding carboxylic acids is 1. The molecule has 3 aromatic rings. The van der Waals surface area contributed by atoms with E-state index in [1.165, 1.54) is 34.6 Å². The van der Waals surface area contributed by atoms with Crippen molar-refractivity contribution in [1.82, 2.24) is 4.98 Å². The first-order valence-corrected chi connectivity index (χ1v) is 12.4. The predicted octanol–water partition coefficient (Wildman–Crippen LogP) is 4.37. The molecule has 146 valence electrons. The van der Waals surface area contributed by atoms with Crippen molar-refractivity contribution in [2.75, 3.05) is 16.3 Å². The fourth-order valence-electron chi connectivity index (χ4n) is 3.15. The number of nitrogens with zero attached hydrogens (tertiary/aromatic N) is 1. The van der Waals surface area contributed by atoms with Crippen LogP contribution >= 0.6 is 22.7 Å². The molecule has 1 aromatic carbocycles. The Hall–Kier alpha value is -2.23. The van der Waals surface area contributed by atoms with Crippen LogP contribution < -0.4 is 10.0 Å². The maximum absolute atomic E-state index is 12.6. The van der Waals surface area contributed by atoms with Crippen molar-refractivity contribution in [2.24, 2.45) is 0 Å². The maximum atomic E-state index is 12.6. The molecule has 2 aromatic heterocycles. The zero-order valence-corrected chi connectivity index (χ0v) is 17.6. The van der Waals surface area contributed by atoms with Gasteiger partial charge < -0.3 is 0 Å². The van der Waals surface area contributed by atoms with E-state index >= 15 is 0 Å². The fraction of sp³-hybridized carbons (Fsp3) is 0.263. The lowest BCUT2D eigenvalue weighted by molar-refractivity contribution is 0.103. The summed E-state index contributed by atoms with van der Waals surface area (Å²) in [5.74, 6) is -0.118. The molecule has 0 bridgehead atoms. The van der Waals surface area contributed by atoms with Gasteiger partial charge in [-0.05, 0) is 49.4 Å². The number of hydrogen-bond acceptors (Lipinski definition) is 6. The highest BCUT2D eigenvalue weighted by Gasteiger charge is 2.18. The molecule has 0 spiro atoms. The zero-order valence-electron chi connectivity index (χ0n) is 15.2. The van der Waals surface area contributed by atoms with E-state index in [9.17, 15) is 13.2 Å². The predicted molar refractivity (Wildman–Crippen MR) is 115 cm³/mol. The van der Waals surface area contributed by atoms with Crippen LogP contribution in [0.3, 0.4) is 0 Å². The molecule has 2 N–H and O–H groups in total. The number of aromatic nitrogens is 1. The van der Waals surface area contributed by atoms with Gasteiger partial charge in [-0.2, -0.15) is 0 Å². The van der Waals surface area contributed by atoms with E-state index in [0.29, 0.717) is 10.8 Å². The number of aryl methyl sites for hydroxylation is 2. The molecule has 9 heteroatoms. The summed E-state index contributed by atoms with van der Waals surface area (Å²) in [5, 5.41) is 5.30.